The number of rotatable bonds is 0. The quantitative estimate of drug-likeness (QED) is 0.426. The Labute approximate surface area is 165 Å². The highest BCUT2D eigenvalue weighted by Gasteiger charge is 2.03. The summed E-state index contributed by atoms with van der Waals surface area (Å²) < 4.78 is 27.6. The second-order valence-electron chi connectivity index (χ2n) is 6.93. The lowest BCUT2D eigenvalue weighted by molar-refractivity contribution is 0.618. The summed E-state index contributed by atoms with van der Waals surface area (Å²) in [6.45, 7) is 7.49. The number of hydrogen-bond donors (Lipinski definition) is 0. The normalized spacial score (nSPS) is 9.93. The summed E-state index contributed by atoms with van der Waals surface area (Å²) in [7, 11) is 0. The lowest BCUT2D eigenvalue weighted by Crippen LogP contribution is -1.91. The van der Waals surface area contributed by atoms with Crippen molar-refractivity contribution in [2.45, 2.75) is 27.7 Å². The molecule has 3 aromatic carbocycles. The van der Waals surface area contributed by atoms with Crippen LogP contribution >= 0.6 is 0 Å². The molecule has 0 fully saturated rings. The molecule has 0 nitrogen and oxygen atoms in total. The molecule has 3 aromatic rings. The van der Waals surface area contributed by atoms with Crippen LogP contribution in [0.25, 0.3) is 0 Å². The van der Waals surface area contributed by atoms with Gasteiger partial charge in [-0.25, -0.2) is 8.78 Å². The van der Waals surface area contributed by atoms with Gasteiger partial charge in [-0.05, 0) is 86.3 Å². The second kappa shape index (κ2) is 8.12. The summed E-state index contributed by atoms with van der Waals surface area (Å²) in [6, 6.07) is 13.9. The summed E-state index contributed by atoms with van der Waals surface area (Å²) in [6.07, 6.45) is 0. The van der Waals surface area contributed by atoms with E-state index in [9.17, 15) is 8.78 Å². The summed E-state index contributed by atoms with van der Waals surface area (Å²) in [5, 5.41) is 0. The molecule has 0 saturated carbocycles. The molecule has 0 aliphatic rings. The molecule has 0 saturated heterocycles. The number of halogens is 2. The summed E-state index contributed by atoms with van der Waals surface area (Å²) in [4.78, 5) is 0. The van der Waals surface area contributed by atoms with E-state index < -0.39 is 0 Å². The van der Waals surface area contributed by atoms with E-state index in [0.29, 0.717) is 16.7 Å². The van der Waals surface area contributed by atoms with Gasteiger partial charge in [0.25, 0.3) is 0 Å². The molecule has 0 spiro atoms. The van der Waals surface area contributed by atoms with Crippen LogP contribution in [0.4, 0.5) is 8.78 Å². The zero-order valence-corrected chi connectivity index (χ0v) is 16.4. The van der Waals surface area contributed by atoms with Crippen LogP contribution in [0, 0.1) is 63.0 Å². The van der Waals surface area contributed by atoms with E-state index in [1.165, 1.54) is 12.1 Å². The highest BCUT2D eigenvalue weighted by atomic mass is 19.1. The third kappa shape index (κ3) is 4.48. The average Bonchev–Trinajstić information content (AvgIpc) is 2.63. The first-order valence-corrected chi connectivity index (χ1v) is 9.01. The summed E-state index contributed by atoms with van der Waals surface area (Å²) in [5.41, 5.74) is 6.14. The minimum absolute atomic E-state index is 0.256. The Morgan fingerprint density at radius 2 is 1.25 bits per heavy atom. The third-order valence-corrected chi connectivity index (χ3v) is 4.50. The zero-order chi connectivity index (χ0) is 20.3. The molecule has 0 heterocycles. The van der Waals surface area contributed by atoms with Gasteiger partial charge in [-0.3, -0.25) is 0 Å². The van der Waals surface area contributed by atoms with E-state index in [-0.39, 0.29) is 11.6 Å². The summed E-state index contributed by atoms with van der Waals surface area (Å²) in [5.74, 6) is 11.5. The van der Waals surface area contributed by atoms with Gasteiger partial charge >= 0.3 is 0 Å². The Balaban J connectivity index is 1.91. The van der Waals surface area contributed by atoms with Crippen molar-refractivity contribution in [1.29, 1.82) is 0 Å². The Morgan fingerprint density at radius 3 is 1.89 bits per heavy atom. The van der Waals surface area contributed by atoms with Gasteiger partial charge in [-0.2, -0.15) is 0 Å². The van der Waals surface area contributed by atoms with Gasteiger partial charge in [0.2, 0.25) is 0 Å². The molecule has 0 unspecified atom stereocenters. The lowest BCUT2D eigenvalue weighted by atomic mass is 9.99. The topological polar surface area (TPSA) is 0 Å². The van der Waals surface area contributed by atoms with Crippen molar-refractivity contribution in [3.05, 3.63) is 105 Å². The van der Waals surface area contributed by atoms with Crippen LogP contribution in [-0.4, -0.2) is 0 Å². The van der Waals surface area contributed by atoms with Gasteiger partial charge in [-0.1, -0.05) is 35.8 Å². The van der Waals surface area contributed by atoms with Gasteiger partial charge in [-0.15, -0.1) is 0 Å². The predicted octanol–water partition coefficient (Wildman–Crippen LogP) is 6.00. The Hall–Kier alpha value is -3.36. The minimum atomic E-state index is -0.310. The first kappa shape index (κ1) is 19.4. The Kier molecular flexibility index (Phi) is 5.62. The van der Waals surface area contributed by atoms with Gasteiger partial charge in [0.1, 0.15) is 11.6 Å². The average molecular weight is 370 g/mol. The molecule has 0 bridgehead atoms. The van der Waals surface area contributed by atoms with Crippen LogP contribution in [0.1, 0.15) is 44.5 Å². The van der Waals surface area contributed by atoms with Crippen molar-refractivity contribution < 1.29 is 8.78 Å². The fraction of sp³-hybridized carbons (Fsp3) is 0.154. The van der Waals surface area contributed by atoms with Crippen LogP contribution in [0.15, 0.2) is 48.5 Å². The van der Waals surface area contributed by atoms with Crippen LogP contribution in [0.3, 0.4) is 0 Å². The van der Waals surface area contributed by atoms with Crippen molar-refractivity contribution >= 4 is 0 Å². The molecular formula is C26H20F2. The molecule has 2 heteroatoms. The SMILES string of the molecule is Cc1ccc(C#Cc2c(C)cc(C#Cc3ccc(C)c(F)c3)cc2C)c(F)c1. The standard InChI is InChI=1S/C26H20F2/c1-17-5-10-23(26(28)13-17)11-12-24-19(3)14-22(15-20(24)4)9-8-21-7-6-18(2)25(27)16-21/h5-7,10,13-16H,1-4H3. The van der Waals surface area contributed by atoms with Crippen molar-refractivity contribution in [3.8, 4) is 23.7 Å². The van der Waals surface area contributed by atoms with Crippen molar-refractivity contribution in [3.63, 3.8) is 0 Å². The number of hydrogen-bond acceptors (Lipinski definition) is 0. The molecule has 0 amide bonds. The Bertz CT molecular complexity index is 1160. The maximum Gasteiger partial charge on any atom is 0.139 e. The monoisotopic (exact) mass is 370 g/mol. The van der Waals surface area contributed by atoms with E-state index in [1.807, 2.05) is 39.0 Å². The van der Waals surface area contributed by atoms with Crippen LogP contribution in [0.2, 0.25) is 0 Å². The molecule has 0 radical (unpaired) electrons. The molecule has 0 aliphatic heterocycles. The minimum Gasteiger partial charge on any atom is -0.207 e. The van der Waals surface area contributed by atoms with Crippen molar-refractivity contribution in [2.75, 3.05) is 0 Å². The third-order valence-electron chi connectivity index (χ3n) is 4.50. The van der Waals surface area contributed by atoms with Gasteiger partial charge in [0.05, 0.1) is 5.56 Å². The largest absolute Gasteiger partial charge is 0.207 e. The first-order valence-electron chi connectivity index (χ1n) is 9.01. The molecule has 138 valence electrons. The predicted molar refractivity (Wildman–Crippen MR) is 110 cm³/mol. The Morgan fingerprint density at radius 1 is 0.571 bits per heavy atom. The van der Waals surface area contributed by atoms with E-state index in [0.717, 1.165) is 27.8 Å². The molecule has 3 rings (SSSR count). The first-order chi connectivity index (χ1) is 13.3. The van der Waals surface area contributed by atoms with E-state index in [4.69, 9.17) is 0 Å². The van der Waals surface area contributed by atoms with Crippen LogP contribution in [-0.2, 0) is 0 Å². The second-order valence-corrected chi connectivity index (χ2v) is 6.93. The molecule has 28 heavy (non-hydrogen) atoms. The van der Waals surface area contributed by atoms with E-state index >= 15 is 0 Å². The fourth-order valence-corrected chi connectivity index (χ4v) is 2.90. The molecule has 0 N–H and O–H groups in total. The van der Waals surface area contributed by atoms with Gasteiger partial charge in [0, 0.05) is 16.7 Å². The smallest absolute Gasteiger partial charge is 0.139 e. The highest BCUT2D eigenvalue weighted by Crippen LogP contribution is 2.17. The molecule has 0 aromatic heterocycles. The molecule has 0 aliphatic carbocycles. The van der Waals surface area contributed by atoms with Gasteiger partial charge in [0.15, 0.2) is 0 Å². The summed E-state index contributed by atoms with van der Waals surface area (Å²) >= 11 is 0. The molecule has 0 atom stereocenters. The van der Waals surface area contributed by atoms with Crippen molar-refractivity contribution in [1.82, 2.24) is 0 Å². The van der Waals surface area contributed by atoms with Crippen LogP contribution < -0.4 is 0 Å². The lowest BCUT2D eigenvalue weighted by Gasteiger charge is -2.05. The maximum atomic E-state index is 14.0. The maximum absolute atomic E-state index is 14.0. The van der Waals surface area contributed by atoms with Crippen molar-refractivity contribution in [2.24, 2.45) is 0 Å². The molecular weight excluding hydrogens is 350 g/mol. The van der Waals surface area contributed by atoms with Crippen LogP contribution in [0.5, 0.6) is 0 Å². The zero-order valence-electron chi connectivity index (χ0n) is 16.4. The van der Waals surface area contributed by atoms with E-state index in [2.05, 4.69) is 23.7 Å². The van der Waals surface area contributed by atoms with Gasteiger partial charge < -0.3 is 0 Å². The number of benzene rings is 3. The highest BCUT2D eigenvalue weighted by molar-refractivity contribution is 5.55. The fourth-order valence-electron chi connectivity index (χ4n) is 2.90. The number of aryl methyl sites for hydroxylation is 4. The van der Waals surface area contributed by atoms with E-state index in [1.54, 1.807) is 25.1 Å².